The van der Waals surface area contributed by atoms with Crippen LogP contribution in [0.3, 0.4) is 0 Å². The summed E-state index contributed by atoms with van der Waals surface area (Å²) in [6, 6.07) is 9.70. The van der Waals surface area contributed by atoms with Gasteiger partial charge in [-0.3, -0.25) is 4.79 Å². The summed E-state index contributed by atoms with van der Waals surface area (Å²) < 4.78 is 32.7. The SMILES string of the molecule is COc1ccc(C(=O)Nc2ccc(C(=O)[O-])cc2)cc1S(=O)(=O)N1CCCCC1. The first kappa shape index (κ1) is 20.8. The number of hydrogen-bond acceptors (Lipinski definition) is 6. The summed E-state index contributed by atoms with van der Waals surface area (Å²) in [5.41, 5.74) is 0.504. The zero-order valence-corrected chi connectivity index (χ0v) is 16.7. The number of anilines is 1. The number of methoxy groups -OCH3 is 1. The van der Waals surface area contributed by atoms with Crippen LogP contribution < -0.4 is 15.2 Å². The number of nitrogens with zero attached hydrogens (tertiary/aromatic N) is 1. The minimum absolute atomic E-state index is 0.0117. The predicted octanol–water partition coefficient (Wildman–Crippen LogP) is 1.49. The molecule has 9 heteroatoms. The van der Waals surface area contributed by atoms with E-state index in [4.69, 9.17) is 4.74 Å². The van der Waals surface area contributed by atoms with Crippen molar-refractivity contribution in [2.24, 2.45) is 0 Å². The maximum Gasteiger partial charge on any atom is 0.255 e. The molecule has 0 unspecified atom stereocenters. The summed E-state index contributed by atoms with van der Waals surface area (Å²) in [4.78, 5) is 23.4. The van der Waals surface area contributed by atoms with Crippen LogP contribution in [0.4, 0.5) is 5.69 Å². The van der Waals surface area contributed by atoms with E-state index in [9.17, 15) is 23.1 Å². The van der Waals surface area contributed by atoms with Crippen LogP contribution >= 0.6 is 0 Å². The molecule has 8 nitrogen and oxygen atoms in total. The fourth-order valence-corrected chi connectivity index (χ4v) is 4.86. The van der Waals surface area contributed by atoms with Crippen LogP contribution in [0, 0.1) is 0 Å². The number of carbonyl (C=O) groups is 2. The van der Waals surface area contributed by atoms with Gasteiger partial charge in [0.15, 0.2) is 0 Å². The molecule has 154 valence electrons. The van der Waals surface area contributed by atoms with Gasteiger partial charge in [0.2, 0.25) is 10.0 Å². The van der Waals surface area contributed by atoms with Crippen LogP contribution in [-0.4, -0.2) is 44.8 Å². The molecule has 0 bridgehead atoms. The summed E-state index contributed by atoms with van der Waals surface area (Å²) in [7, 11) is -2.41. The fourth-order valence-electron chi connectivity index (χ4n) is 3.16. The lowest BCUT2D eigenvalue weighted by molar-refractivity contribution is -0.255. The predicted molar refractivity (Wildman–Crippen MR) is 104 cm³/mol. The highest BCUT2D eigenvalue weighted by Crippen LogP contribution is 2.30. The van der Waals surface area contributed by atoms with E-state index < -0.39 is 21.9 Å². The van der Waals surface area contributed by atoms with Gasteiger partial charge in [0.25, 0.3) is 5.91 Å². The van der Waals surface area contributed by atoms with Crippen molar-refractivity contribution in [2.45, 2.75) is 24.2 Å². The molecule has 0 spiro atoms. The van der Waals surface area contributed by atoms with Gasteiger partial charge >= 0.3 is 0 Å². The number of carboxylic acids is 1. The number of piperidine rings is 1. The second-order valence-electron chi connectivity index (χ2n) is 6.65. The summed E-state index contributed by atoms with van der Waals surface area (Å²) >= 11 is 0. The van der Waals surface area contributed by atoms with Gasteiger partial charge in [-0.2, -0.15) is 4.31 Å². The Kier molecular flexibility index (Phi) is 6.19. The van der Waals surface area contributed by atoms with E-state index in [0.717, 1.165) is 19.3 Å². The molecule has 1 amide bonds. The molecule has 29 heavy (non-hydrogen) atoms. The monoisotopic (exact) mass is 417 g/mol. The van der Waals surface area contributed by atoms with Crippen LogP contribution in [0.5, 0.6) is 5.75 Å². The Morgan fingerprint density at radius 1 is 1.00 bits per heavy atom. The Morgan fingerprint density at radius 2 is 1.62 bits per heavy atom. The maximum atomic E-state index is 13.1. The van der Waals surface area contributed by atoms with Crippen LogP contribution in [0.2, 0.25) is 0 Å². The number of carbonyl (C=O) groups excluding carboxylic acids is 2. The minimum atomic E-state index is -3.79. The number of benzene rings is 2. The smallest absolute Gasteiger partial charge is 0.255 e. The summed E-state index contributed by atoms with van der Waals surface area (Å²) in [6.45, 7) is 0.874. The number of amides is 1. The lowest BCUT2D eigenvalue weighted by Crippen LogP contribution is -2.35. The molecule has 0 radical (unpaired) electrons. The first-order chi connectivity index (χ1) is 13.8. The minimum Gasteiger partial charge on any atom is -0.545 e. The van der Waals surface area contributed by atoms with Gasteiger partial charge in [0, 0.05) is 24.3 Å². The van der Waals surface area contributed by atoms with Crippen molar-refractivity contribution in [1.29, 1.82) is 0 Å². The van der Waals surface area contributed by atoms with Crippen LogP contribution in [0.15, 0.2) is 47.4 Å². The summed E-state index contributed by atoms with van der Waals surface area (Å²) in [5, 5.41) is 13.4. The maximum absolute atomic E-state index is 13.1. The van der Waals surface area contributed by atoms with Crippen LogP contribution in [-0.2, 0) is 10.0 Å². The topological polar surface area (TPSA) is 116 Å². The lowest BCUT2D eigenvalue weighted by Gasteiger charge is -2.26. The second kappa shape index (κ2) is 8.62. The van der Waals surface area contributed by atoms with Crippen molar-refractivity contribution >= 4 is 27.6 Å². The van der Waals surface area contributed by atoms with Crippen molar-refractivity contribution in [1.82, 2.24) is 4.31 Å². The third kappa shape index (κ3) is 4.57. The number of rotatable bonds is 6. The number of hydrogen-bond donors (Lipinski definition) is 1. The van der Waals surface area contributed by atoms with Gasteiger partial charge in [-0.1, -0.05) is 18.6 Å². The largest absolute Gasteiger partial charge is 0.545 e. The number of nitrogens with one attached hydrogen (secondary N) is 1. The Bertz CT molecular complexity index is 1010. The quantitative estimate of drug-likeness (QED) is 0.761. The molecule has 0 aromatic heterocycles. The van der Waals surface area contributed by atoms with Crippen LogP contribution in [0.25, 0.3) is 0 Å². The summed E-state index contributed by atoms with van der Waals surface area (Å²) in [6.07, 6.45) is 2.58. The van der Waals surface area contributed by atoms with Gasteiger partial charge in [-0.25, -0.2) is 8.42 Å². The van der Waals surface area contributed by atoms with E-state index in [1.807, 2.05) is 0 Å². The highest BCUT2D eigenvalue weighted by Gasteiger charge is 2.29. The molecule has 1 N–H and O–H groups in total. The van der Waals surface area contributed by atoms with Gasteiger partial charge in [-0.05, 0) is 48.7 Å². The highest BCUT2D eigenvalue weighted by atomic mass is 32.2. The highest BCUT2D eigenvalue weighted by molar-refractivity contribution is 7.89. The van der Waals surface area contributed by atoms with E-state index in [0.29, 0.717) is 18.8 Å². The molecule has 2 aromatic rings. The van der Waals surface area contributed by atoms with E-state index in [1.54, 1.807) is 0 Å². The Hall–Kier alpha value is -2.91. The van der Waals surface area contributed by atoms with Crippen molar-refractivity contribution in [3.63, 3.8) is 0 Å². The van der Waals surface area contributed by atoms with Crippen molar-refractivity contribution in [3.8, 4) is 5.75 Å². The van der Waals surface area contributed by atoms with Crippen molar-refractivity contribution < 1.29 is 27.9 Å². The normalized spacial score (nSPS) is 14.9. The van der Waals surface area contributed by atoms with E-state index in [2.05, 4.69) is 5.32 Å². The average molecular weight is 417 g/mol. The molecule has 1 aliphatic heterocycles. The fraction of sp³-hybridized carbons (Fsp3) is 0.300. The molecule has 3 rings (SSSR count). The molecule has 1 heterocycles. The number of aromatic carboxylic acids is 1. The van der Waals surface area contributed by atoms with Crippen molar-refractivity contribution in [3.05, 3.63) is 53.6 Å². The standard InChI is InChI=1S/C20H22N2O6S/c1-28-17-10-7-15(13-18(17)29(26,27)22-11-3-2-4-12-22)19(23)21-16-8-5-14(6-9-16)20(24)25/h5-10,13H,2-4,11-12H2,1H3,(H,21,23)(H,24,25)/p-1. The molecule has 1 fully saturated rings. The number of sulfonamides is 1. The third-order valence-electron chi connectivity index (χ3n) is 4.74. The molecular formula is C20H21N2O6S-. The third-order valence-corrected chi connectivity index (χ3v) is 6.66. The molecular weight excluding hydrogens is 396 g/mol. The second-order valence-corrected chi connectivity index (χ2v) is 8.56. The first-order valence-corrected chi connectivity index (χ1v) is 10.6. The lowest BCUT2D eigenvalue weighted by atomic mass is 10.1. The molecule has 1 saturated heterocycles. The molecule has 0 atom stereocenters. The average Bonchev–Trinajstić information content (AvgIpc) is 2.74. The first-order valence-electron chi connectivity index (χ1n) is 9.14. The van der Waals surface area contributed by atoms with E-state index >= 15 is 0 Å². The van der Waals surface area contributed by atoms with Gasteiger partial charge in [0.1, 0.15) is 10.6 Å². The zero-order chi connectivity index (χ0) is 21.0. The van der Waals surface area contributed by atoms with Crippen LogP contribution in [0.1, 0.15) is 40.0 Å². The molecule has 0 aliphatic carbocycles. The molecule has 1 aliphatic rings. The van der Waals surface area contributed by atoms with E-state index in [1.165, 1.54) is 53.9 Å². The number of ether oxygens (including phenoxy) is 1. The molecule has 0 saturated carbocycles. The van der Waals surface area contributed by atoms with Crippen molar-refractivity contribution in [2.75, 3.05) is 25.5 Å². The number of carboxylic acid groups (broad SMARTS) is 1. The van der Waals surface area contributed by atoms with Gasteiger partial charge < -0.3 is 20.0 Å². The summed E-state index contributed by atoms with van der Waals surface area (Å²) in [5.74, 6) is -1.67. The Morgan fingerprint density at radius 3 is 2.21 bits per heavy atom. The van der Waals surface area contributed by atoms with Gasteiger partial charge in [-0.15, -0.1) is 0 Å². The van der Waals surface area contributed by atoms with E-state index in [-0.39, 0.29) is 21.8 Å². The zero-order valence-electron chi connectivity index (χ0n) is 15.9. The Balaban J connectivity index is 1.87. The van der Waals surface area contributed by atoms with Gasteiger partial charge in [0.05, 0.1) is 13.1 Å². The Labute approximate surface area is 169 Å². The molecule has 2 aromatic carbocycles.